The van der Waals surface area contributed by atoms with Crippen molar-refractivity contribution in [2.24, 2.45) is 5.10 Å². The van der Waals surface area contributed by atoms with Gasteiger partial charge in [-0.15, -0.1) is 5.01 Å². The maximum atomic E-state index is 12.8. The van der Waals surface area contributed by atoms with E-state index in [0.29, 0.717) is 17.9 Å². The Morgan fingerprint density at radius 2 is 2.00 bits per heavy atom. The number of rotatable bonds is 7. The van der Waals surface area contributed by atoms with Crippen molar-refractivity contribution in [2.75, 3.05) is 7.11 Å². The van der Waals surface area contributed by atoms with Crippen LogP contribution in [0.25, 0.3) is 0 Å². The number of phenols is 1. The first-order valence-corrected chi connectivity index (χ1v) is 9.05. The van der Waals surface area contributed by atoms with E-state index in [4.69, 9.17) is 4.74 Å². The first-order chi connectivity index (χ1) is 14.2. The molecule has 1 aliphatic rings. The zero-order valence-electron chi connectivity index (χ0n) is 16.4. The number of aryl methyl sites for hydroxylation is 1. The van der Waals surface area contributed by atoms with Crippen molar-refractivity contribution in [2.45, 2.75) is 25.3 Å². The van der Waals surface area contributed by atoms with E-state index in [-0.39, 0.29) is 11.3 Å². The number of aromatic hydroxyl groups is 1. The van der Waals surface area contributed by atoms with Gasteiger partial charge in [0.2, 0.25) is 5.75 Å². The number of carbonyl (C=O) groups is 2. The number of nitro benzene ring substituents is 1. The van der Waals surface area contributed by atoms with E-state index in [1.165, 1.54) is 13.2 Å². The summed E-state index contributed by atoms with van der Waals surface area (Å²) in [6.45, 7) is 1.63. The lowest BCUT2D eigenvalue weighted by atomic mass is 9.93. The van der Waals surface area contributed by atoms with Gasteiger partial charge in [-0.05, 0) is 31.4 Å². The Balaban J connectivity index is 1.79. The Morgan fingerprint density at radius 3 is 2.63 bits per heavy atom. The average Bonchev–Trinajstić information content (AvgIpc) is 2.94. The summed E-state index contributed by atoms with van der Waals surface area (Å²) < 4.78 is 4.92. The van der Waals surface area contributed by atoms with Crippen molar-refractivity contribution in [1.82, 2.24) is 10.3 Å². The summed E-state index contributed by atoms with van der Waals surface area (Å²) in [4.78, 5) is 35.4. The highest BCUT2D eigenvalue weighted by atomic mass is 16.6. The van der Waals surface area contributed by atoms with Crippen LogP contribution in [0.5, 0.6) is 11.5 Å². The Hall–Kier alpha value is -3.95. The Kier molecular flexibility index (Phi) is 5.67. The molecule has 0 spiro atoms. The van der Waals surface area contributed by atoms with Crippen molar-refractivity contribution in [3.63, 3.8) is 0 Å². The van der Waals surface area contributed by atoms with Gasteiger partial charge in [0.1, 0.15) is 5.54 Å². The van der Waals surface area contributed by atoms with Gasteiger partial charge in [-0.2, -0.15) is 5.10 Å². The van der Waals surface area contributed by atoms with Crippen LogP contribution in [0.2, 0.25) is 0 Å². The second kappa shape index (κ2) is 8.19. The molecule has 0 unspecified atom stereocenters. The lowest BCUT2D eigenvalue weighted by Gasteiger charge is -2.20. The fourth-order valence-electron chi connectivity index (χ4n) is 3.09. The number of phenolic OH excluding ortho intramolecular Hbond substituents is 1. The summed E-state index contributed by atoms with van der Waals surface area (Å²) in [5, 5.41) is 28.2. The van der Waals surface area contributed by atoms with E-state index in [1.54, 1.807) is 6.92 Å². The molecule has 2 aromatic carbocycles. The van der Waals surface area contributed by atoms with Crippen LogP contribution < -0.4 is 10.1 Å². The van der Waals surface area contributed by atoms with Crippen LogP contribution in [0.3, 0.4) is 0 Å². The molecule has 156 valence electrons. The molecule has 30 heavy (non-hydrogen) atoms. The molecule has 2 N–H and O–H groups in total. The third kappa shape index (κ3) is 4.07. The maximum Gasteiger partial charge on any atom is 0.346 e. The third-order valence-corrected chi connectivity index (χ3v) is 4.81. The summed E-state index contributed by atoms with van der Waals surface area (Å²) in [6, 6.07) is 11.2. The van der Waals surface area contributed by atoms with Crippen LogP contribution in [0, 0.1) is 10.1 Å². The van der Waals surface area contributed by atoms with Gasteiger partial charge in [-0.3, -0.25) is 14.9 Å². The fourth-order valence-corrected chi connectivity index (χ4v) is 3.09. The SMILES string of the molecule is COc1cc(/C=N\N2C(=O)N[C@](C)(CCc3ccccc3)C2=O)cc([N+](=O)[O-])c1O. The smallest absolute Gasteiger partial charge is 0.346 e. The molecule has 10 nitrogen and oxygen atoms in total. The largest absolute Gasteiger partial charge is 0.500 e. The first kappa shape index (κ1) is 20.8. The van der Waals surface area contributed by atoms with Gasteiger partial charge < -0.3 is 15.2 Å². The standard InChI is InChI=1S/C20H20N4O6/c1-20(9-8-13-6-4-3-5-7-13)18(26)23(19(27)22-20)21-12-14-10-15(24(28)29)17(25)16(11-14)30-2/h3-7,10-12,25H,8-9H2,1-2H3,(H,22,27)/b21-12-/t20-/m1/s1. The number of hydrogen-bond acceptors (Lipinski definition) is 7. The molecular weight excluding hydrogens is 392 g/mol. The Bertz CT molecular complexity index is 1020. The third-order valence-electron chi connectivity index (χ3n) is 4.81. The molecule has 0 aromatic heterocycles. The summed E-state index contributed by atoms with van der Waals surface area (Å²) in [7, 11) is 1.25. The second-order valence-corrected chi connectivity index (χ2v) is 6.96. The molecule has 1 heterocycles. The number of urea groups is 1. The molecule has 1 saturated heterocycles. The van der Waals surface area contributed by atoms with Crippen LogP contribution in [0.15, 0.2) is 47.6 Å². The zero-order chi connectivity index (χ0) is 21.9. The number of carbonyl (C=O) groups excluding carboxylic acids is 2. The second-order valence-electron chi connectivity index (χ2n) is 6.96. The van der Waals surface area contributed by atoms with E-state index in [2.05, 4.69) is 10.4 Å². The van der Waals surface area contributed by atoms with Gasteiger partial charge in [0.15, 0.2) is 5.75 Å². The predicted molar refractivity (Wildman–Crippen MR) is 107 cm³/mol. The van der Waals surface area contributed by atoms with Crippen LogP contribution in [-0.4, -0.2) is 45.8 Å². The van der Waals surface area contributed by atoms with Crippen molar-refractivity contribution in [1.29, 1.82) is 0 Å². The lowest BCUT2D eigenvalue weighted by molar-refractivity contribution is -0.386. The number of amides is 3. The molecular formula is C20H20N4O6. The van der Waals surface area contributed by atoms with Gasteiger partial charge in [0.25, 0.3) is 5.91 Å². The number of ether oxygens (including phenoxy) is 1. The van der Waals surface area contributed by atoms with Crippen LogP contribution in [0.1, 0.15) is 24.5 Å². The van der Waals surface area contributed by atoms with Crippen LogP contribution >= 0.6 is 0 Å². The minimum atomic E-state index is -1.12. The van der Waals surface area contributed by atoms with Gasteiger partial charge in [-0.1, -0.05) is 30.3 Å². The van der Waals surface area contributed by atoms with Crippen LogP contribution in [-0.2, 0) is 11.2 Å². The molecule has 3 rings (SSSR count). The molecule has 0 radical (unpaired) electrons. The molecule has 3 amide bonds. The predicted octanol–water partition coefficient (Wildman–Crippen LogP) is 2.59. The fraction of sp³-hybridized carbons (Fsp3) is 0.250. The summed E-state index contributed by atoms with van der Waals surface area (Å²) in [5.41, 5.74) is -0.495. The highest BCUT2D eigenvalue weighted by Gasteiger charge is 2.47. The topological polar surface area (TPSA) is 134 Å². The van der Waals surface area contributed by atoms with E-state index < -0.39 is 33.8 Å². The van der Waals surface area contributed by atoms with E-state index in [1.807, 2.05) is 30.3 Å². The highest BCUT2D eigenvalue weighted by molar-refractivity contribution is 6.07. The van der Waals surface area contributed by atoms with Gasteiger partial charge in [-0.25, -0.2) is 4.79 Å². The average molecular weight is 412 g/mol. The number of nitrogens with one attached hydrogen (secondary N) is 1. The summed E-state index contributed by atoms with van der Waals surface area (Å²) in [5.74, 6) is -1.28. The van der Waals surface area contributed by atoms with Gasteiger partial charge in [0.05, 0.1) is 18.2 Å². The maximum absolute atomic E-state index is 12.8. The number of nitrogens with zero attached hydrogens (tertiary/aromatic N) is 3. The molecule has 2 aromatic rings. The number of methoxy groups -OCH3 is 1. The molecule has 1 aliphatic heterocycles. The number of nitro groups is 1. The highest BCUT2D eigenvalue weighted by Crippen LogP contribution is 2.36. The Labute approximate surface area is 171 Å². The minimum Gasteiger partial charge on any atom is -0.500 e. The van der Waals surface area contributed by atoms with E-state index >= 15 is 0 Å². The number of hydrogen-bond donors (Lipinski definition) is 2. The van der Waals surface area contributed by atoms with Crippen molar-refractivity contribution in [3.05, 3.63) is 63.7 Å². The summed E-state index contributed by atoms with van der Waals surface area (Å²) >= 11 is 0. The number of imide groups is 1. The van der Waals surface area contributed by atoms with Crippen molar-refractivity contribution in [3.8, 4) is 11.5 Å². The molecule has 0 aliphatic carbocycles. The number of hydrazone groups is 1. The lowest BCUT2D eigenvalue weighted by Crippen LogP contribution is -2.44. The molecule has 1 atom stereocenters. The zero-order valence-corrected chi connectivity index (χ0v) is 16.4. The van der Waals surface area contributed by atoms with Crippen molar-refractivity contribution < 1.29 is 24.4 Å². The molecule has 10 heteroatoms. The van der Waals surface area contributed by atoms with Crippen LogP contribution in [0.4, 0.5) is 10.5 Å². The molecule has 1 fully saturated rings. The molecule has 0 saturated carbocycles. The quantitative estimate of drug-likeness (QED) is 0.311. The normalized spacial score (nSPS) is 18.7. The van der Waals surface area contributed by atoms with E-state index in [9.17, 15) is 24.8 Å². The molecule has 0 bridgehead atoms. The van der Waals surface area contributed by atoms with E-state index in [0.717, 1.165) is 17.8 Å². The monoisotopic (exact) mass is 412 g/mol. The minimum absolute atomic E-state index is 0.129. The van der Waals surface area contributed by atoms with Gasteiger partial charge >= 0.3 is 11.7 Å². The summed E-state index contributed by atoms with van der Waals surface area (Å²) in [6.07, 6.45) is 2.09. The van der Waals surface area contributed by atoms with Crippen molar-refractivity contribution >= 4 is 23.8 Å². The number of benzene rings is 2. The van der Waals surface area contributed by atoms with Gasteiger partial charge in [0, 0.05) is 11.6 Å². The first-order valence-electron chi connectivity index (χ1n) is 9.05. The Morgan fingerprint density at radius 1 is 1.30 bits per heavy atom.